The van der Waals surface area contributed by atoms with E-state index >= 15 is 0 Å². The molecule has 2 aliphatic rings. The second-order valence-electron chi connectivity index (χ2n) is 6.76. The van der Waals surface area contributed by atoms with E-state index in [0.717, 1.165) is 0 Å². The Kier molecular flexibility index (Phi) is 4.35. The lowest BCUT2D eigenvalue weighted by Crippen LogP contribution is -2.45. The highest BCUT2D eigenvalue weighted by Gasteiger charge is 2.56. The lowest BCUT2D eigenvalue weighted by molar-refractivity contribution is -0.307. The molecule has 29 heavy (non-hydrogen) atoms. The van der Waals surface area contributed by atoms with Crippen LogP contribution >= 0.6 is 0 Å². The summed E-state index contributed by atoms with van der Waals surface area (Å²) in [5.41, 5.74) is -0.0868. The Labute approximate surface area is 163 Å². The molecule has 0 aliphatic heterocycles. The zero-order chi connectivity index (χ0) is 20.8. The van der Waals surface area contributed by atoms with Gasteiger partial charge in [-0.2, -0.15) is 0 Å². The maximum absolute atomic E-state index is 13.0. The highest BCUT2D eigenvalue weighted by molar-refractivity contribution is 5.92. The first-order valence-electron chi connectivity index (χ1n) is 8.73. The van der Waals surface area contributed by atoms with Crippen molar-refractivity contribution in [2.24, 2.45) is 0 Å². The smallest absolute Gasteiger partial charge is 0.481 e. The van der Waals surface area contributed by atoms with E-state index in [0.29, 0.717) is 16.7 Å². The van der Waals surface area contributed by atoms with E-state index in [9.17, 15) is 23.1 Å². The molecule has 0 radical (unpaired) electrons. The molecule has 4 nitrogen and oxygen atoms in total. The minimum atomic E-state index is -4.91. The number of halogens is 3. The van der Waals surface area contributed by atoms with Crippen molar-refractivity contribution in [3.05, 3.63) is 100 Å². The number of aliphatic hydroxyl groups is 1. The van der Waals surface area contributed by atoms with E-state index in [1.165, 1.54) is 12.1 Å². The molecule has 0 aromatic heterocycles. The van der Waals surface area contributed by atoms with Gasteiger partial charge in [0.15, 0.2) is 0 Å². The van der Waals surface area contributed by atoms with E-state index in [4.69, 9.17) is 5.11 Å². The minimum Gasteiger partial charge on any atom is -0.481 e. The van der Waals surface area contributed by atoms with Gasteiger partial charge in [-0.1, -0.05) is 66.7 Å². The SMILES string of the molecule is O=C(O)Cc1cccc(C2(O)c3ccc(-c4ccccc4)c2c3OC(F)(F)F)c1. The number of aliphatic carboxylic acids is 1. The van der Waals surface area contributed by atoms with E-state index in [2.05, 4.69) is 4.74 Å². The molecule has 2 aliphatic carbocycles. The van der Waals surface area contributed by atoms with E-state index < -0.39 is 23.7 Å². The third kappa shape index (κ3) is 3.23. The maximum Gasteiger partial charge on any atom is 0.573 e. The van der Waals surface area contributed by atoms with Crippen LogP contribution in [0, 0.1) is 0 Å². The Bertz CT molecular complexity index is 1080. The van der Waals surface area contributed by atoms with Crippen LogP contribution in [0.15, 0.2) is 83.7 Å². The second-order valence-corrected chi connectivity index (χ2v) is 6.76. The first kappa shape index (κ1) is 19.0. The van der Waals surface area contributed by atoms with Crippen molar-refractivity contribution in [1.29, 1.82) is 0 Å². The summed E-state index contributed by atoms with van der Waals surface area (Å²) in [5.74, 6) is -1.47. The summed E-state index contributed by atoms with van der Waals surface area (Å²) in [6.45, 7) is 0. The minimum absolute atomic E-state index is 0.00556. The quantitative estimate of drug-likeness (QED) is 0.784. The topological polar surface area (TPSA) is 66.8 Å². The Morgan fingerprint density at radius 3 is 2.41 bits per heavy atom. The molecular weight excluding hydrogens is 385 g/mol. The molecule has 2 bridgehead atoms. The van der Waals surface area contributed by atoms with Crippen molar-refractivity contribution >= 4 is 11.5 Å². The molecule has 0 saturated heterocycles. The lowest BCUT2D eigenvalue weighted by Gasteiger charge is -2.47. The molecule has 2 N–H and O–H groups in total. The van der Waals surface area contributed by atoms with Gasteiger partial charge in [-0.15, -0.1) is 13.2 Å². The van der Waals surface area contributed by atoms with Crippen LogP contribution in [0.2, 0.25) is 0 Å². The van der Waals surface area contributed by atoms with Gasteiger partial charge in [0.1, 0.15) is 11.4 Å². The third-order valence-electron chi connectivity index (χ3n) is 4.91. The van der Waals surface area contributed by atoms with Crippen LogP contribution in [-0.2, 0) is 21.6 Å². The van der Waals surface area contributed by atoms with E-state index in [1.54, 1.807) is 54.6 Å². The van der Waals surface area contributed by atoms with Gasteiger partial charge in [0, 0.05) is 11.1 Å². The van der Waals surface area contributed by atoms with E-state index in [-0.39, 0.29) is 23.1 Å². The van der Waals surface area contributed by atoms with Crippen LogP contribution in [0.1, 0.15) is 16.7 Å². The Balaban J connectivity index is 1.84. The normalized spacial score (nSPS) is 20.6. The first-order valence-corrected chi connectivity index (χ1v) is 8.73. The second kappa shape index (κ2) is 6.63. The highest BCUT2D eigenvalue weighted by atomic mass is 19.4. The Morgan fingerprint density at radius 1 is 1.03 bits per heavy atom. The monoisotopic (exact) mass is 400 g/mol. The number of ether oxygens (including phenoxy) is 1. The fourth-order valence-corrected chi connectivity index (χ4v) is 3.76. The molecule has 0 heterocycles. The zero-order valence-electron chi connectivity index (χ0n) is 14.9. The number of allylic oxidation sites excluding steroid dienone is 2. The van der Waals surface area contributed by atoms with Crippen molar-refractivity contribution in [3.8, 4) is 0 Å². The summed E-state index contributed by atoms with van der Waals surface area (Å²) in [5, 5.41) is 20.5. The predicted molar refractivity (Wildman–Crippen MR) is 98.3 cm³/mol. The molecule has 4 rings (SSSR count). The van der Waals surface area contributed by atoms with Crippen LogP contribution < -0.4 is 0 Å². The van der Waals surface area contributed by atoms with Gasteiger partial charge in [0.25, 0.3) is 0 Å². The number of carboxylic acid groups (broad SMARTS) is 1. The molecule has 1 unspecified atom stereocenters. The van der Waals surface area contributed by atoms with Crippen molar-refractivity contribution < 1.29 is 32.9 Å². The van der Waals surface area contributed by atoms with Crippen LogP contribution in [0.3, 0.4) is 0 Å². The number of hydrogen-bond donors (Lipinski definition) is 2. The van der Waals surface area contributed by atoms with Gasteiger partial charge in [0.2, 0.25) is 0 Å². The van der Waals surface area contributed by atoms with Gasteiger partial charge < -0.3 is 14.9 Å². The molecule has 2 aromatic carbocycles. The average Bonchev–Trinajstić information content (AvgIpc) is 2.67. The van der Waals surface area contributed by atoms with Crippen molar-refractivity contribution in [2.45, 2.75) is 18.4 Å². The fraction of sp³-hybridized carbons (Fsp3) is 0.136. The molecular formula is C22H15F3O4. The molecule has 2 aromatic rings. The highest BCUT2D eigenvalue weighted by Crippen LogP contribution is 2.59. The van der Waals surface area contributed by atoms with Crippen LogP contribution in [-0.4, -0.2) is 22.5 Å². The summed E-state index contributed by atoms with van der Waals surface area (Å²) in [6.07, 6.45) is -2.14. The number of carboxylic acids is 1. The Morgan fingerprint density at radius 2 is 1.76 bits per heavy atom. The summed E-state index contributed by atoms with van der Waals surface area (Å²) in [6, 6.07) is 14.9. The molecule has 0 fully saturated rings. The van der Waals surface area contributed by atoms with Crippen molar-refractivity contribution in [1.82, 2.24) is 0 Å². The average molecular weight is 400 g/mol. The predicted octanol–water partition coefficient (Wildman–Crippen LogP) is 4.33. The summed E-state index contributed by atoms with van der Waals surface area (Å²) >= 11 is 0. The number of benzene rings is 2. The van der Waals surface area contributed by atoms with Gasteiger partial charge >= 0.3 is 12.3 Å². The number of fused-ring (bicyclic) bond motifs is 2. The van der Waals surface area contributed by atoms with E-state index in [1.807, 2.05) is 0 Å². The van der Waals surface area contributed by atoms with Crippen molar-refractivity contribution in [2.75, 3.05) is 0 Å². The number of carbonyl (C=O) groups is 1. The fourth-order valence-electron chi connectivity index (χ4n) is 3.76. The molecule has 0 amide bonds. The van der Waals surface area contributed by atoms with Crippen LogP contribution in [0.25, 0.3) is 5.57 Å². The van der Waals surface area contributed by atoms with Gasteiger partial charge in [-0.25, -0.2) is 0 Å². The standard InChI is InChI=1S/C22H15F3O4/c23-22(24,25)29-20-17-10-9-16(14-6-2-1-3-7-14)19(20)21(17,28)15-8-4-5-13(11-15)12-18(26)27/h1-11,28H,12H2,(H,26,27). The maximum atomic E-state index is 13.0. The third-order valence-corrected chi connectivity index (χ3v) is 4.91. The van der Waals surface area contributed by atoms with Crippen LogP contribution in [0.5, 0.6) is 0 Å². The molecule has 148 valence electrons. The lowest BCUT2D eigenvalue weighted by atomic mass is 9.62. The van der Waals surface area contributed by atoms with Crippen molar-refractivity contribution in [3.63, 3.8) is 0 Å². The zero-order valence-corrected chi connectivity index (χ0v) is 14.9. The number of alkyl halides is 3. The molecule has 0 spiro atoms. The summed E-state index contributed by atoms with van der Waals surface area (Å²) < 4.78 is 43.1. The molecule has 0 saturated carbocycles. The number of hydrogen-bond acceptors (Lipinski definition) is 3. The number of rotatable bonds is 5. The first-order chi connectivity index (χ1) is 13.7. The van der Waals surface area contributed by atoms with Crippen LogP contribution in [0.4, 0.5) is 13.2 Å². The Hall–Kier alpha value is -3.32. The summed E-state index contributed by atoms with van der Waals surface area (Å²) in [7, 11) is 0. The molecule has 1 atom stereocenters. The largest absolute Gasteiger partial charge is 0.573 e. The summed E-state index contributed by atoms with van der Waals surface area (Å²) in [4.78, 5) is 11.0. The van der Waals surface area contributed by atoms with Gasteiger partial charge in [-0.3, -0.25) is 4.79 Å². The van der Waals surface area contributed by atoms with Gasteiger partial charge in [-0.05, 0) is 22.3 Å². The van der Waals surface area contributed by atoms with Gasteiger partial charge in [0.05, 0.1) is 6.42 Å². The molecule has 7 heteroatoms.